The van der Waals surface area contributed by atoms with Gasteiger partial charge in [0, 0.05) is 31.4 Å². The molecule has 166 valence electrons. The fraction of sp³-hybridized carbons (Fsp3) is 0.652. The molecule has 1 aromatic carbocycles. The van der Waals surface area contributed by atoms with Gasteiger partial charge in [-0.15, -0.1) is 0 Å². The zero-order chi connectivity index (χ0) is 21.5. The van der Waals surface area contributed by atoms with Crippen LogP contribution in [0.25, 0.3) is 0 Å². The first-order valence-electron chi connectivity index (χ1n) is 11.1. The van der Waals surface area contributed by atoms with Gasteiger partial charge < -0.3 is 19.3 Å². The molecule has 0 radical (unpaired) electrons. The van der Waals surface area contributed by atoms with Crippen molar-refractivity contribution in [2.75, 3.05) is 50.8 Å². The van der Waals surface area contributed by atoms with Gasteiger partial charge in [-0.2, -0.15) is 0 Å². The summed E-state index contributed by atoms with van der Waals surface area (Å²) >= 11 is 0. The molecule has 2 fully saturated rings. The van der Waals surface area contributed by atoms with E-state index in [2.05, 4.69) is 11.8 Å². The summed E-state index contributed by atoms with van der Waals surface area (Å²) in [5, 5.41) is 0. The lowest BCUT2D eigenvalue weighted by atomic mass is 10.2. The zero-order valence-electron chi connectivity index (χ0n) is 18.5. The number of hydrogen-bond donors (Lipinski definition) is 0. The summed E-state index contributed by atoms with van der Waals surface area (Å²) in [4.78, 5) is 30.3. The molecule has 3 rings (SSSR count). The third kappa shape index (κ3) is 6.11. The molecule has 7 nitrogen and oxygen atoms in total. The lowest BCUT2D eigenvalue weighted by Gasteiger charge is -2.33. The number of piperazine rings is 1. The molecule has 2 aliphatic heterocycles. The third-order valence-corrected chi connectivity index (χ3v) is 5.72. The van der Waals surface area contributed by atoms with E-state index in [1.54, 1.807) is 4.90 Å². The molecule has 2 aliphatic rings. The van der Waals surface area contributed by atoms with Crippen molar-refractivity contribution in [2.45, 2.75) is 46.1 Å². The first-order chi connectivity index (χ1) is 14.4. The largest absolute Gasteiger partial charge is 0.494 e. The number of anilines is 1. The Labute approximate surface area is 179 Å². The fourth-order valence-electron chi connectivity index (χ4n) is 3.94. The monoisotopic (exact) mass is 417 g/mol. The van der Waals surface area contributed by atoms with Gasteiger partial charge in [0.1, 0.15) is 12.3 Å². The number of amides is 2. The molecule has 1 aromatic rings. The predicted octanol–water partition coefficient (Wildman–Crippen LogP) is 3.38. The highest BCUT2D eigenvalue weighted by Gasteiger charge is 2.29. The summed E-state index contributed by atoms with van der Waals surface area (Å²) in [7, 11) is 0. The van der Waals surface area contributed by atoms with E-state index in [0.717, 1.165) is 24.4 Å². The van der Waals surface area contributed by atoms with E-state index >= 15 is 0 Å². The van der Waals surface area contributed by atoms with E-state index < -0.39 is 6.09 Å². The minimum Gasteiger partial charge on any atom is -0.494 e. The van der Waals surface area contributed by atoms with Crippen LogP contribution in [-0.2, 0) is 9.53 Å². The molecule has 0 bridgehead atoms. The molecule has 1 atom stereocenters. The van der Waals surface area contributed by atoms with Crippen LogP contribution in [0.5, 0.6) is 5.75 Å². The SMILES string of the molecule is CC(C)COC(=O)N1CCN(c2ccc(OCCCN3CCCC3C)cc2)C(=O)C1. The maximum atomic E-state index is 12.5. The van der Waals surface area contributed by atoms with E-state index in [1.807, 2.05) is 38.1 Å². The van der Waals surface area contributed by atoms with Crippen LogP contribution in [0.15, 0.2) is 24.3 Å². The second kappa shape index (κ2) is 10.7. The van der Waals surface area contributed by atoms with Crippen molar-refractivity contribution in [1.82, 2.24) is 9.80 Å². The van der Waals surface area contributed by atoms with Gasteiger partial charge in [-0.25, -0.2) is 4.79 Å². The second-order valence-electron chi connectivity index (χ2n) is 8.66. The Morgan fingerprint density at radius 2 is 1.93 bits per heavy atom. The smallest absolute Gasteiger partial charge is 0.410 e. The molecule has 0 spiro atoms. The van der Waals surface area contributed by atoms with E-state index in [9.17, 15) is 9.59 Å². The molecule has 2 heterocycles. The van der Waals surface area contributed by atoms with E-state index in [4.69, 9.17) is 9.47 Å². The number of ether oxygens (including phenoxy) is 2. The number of hydrogen-bond acceptors (Lipinski definition) is 5. The minimum absolute atomic E-state index is 0.0457. The molecule has 2 amide bonds. The van der Waals surface area contributed by atoms with Crippen LogP contribution in [-0.4, -0.2) is 73.8 Å². The van der Waals surface area contributed by atoms with Crippen LogP contribution in [0.1, 0.15) is 40.0 Å². The first-order valence-corrected chi connectivity index (χ1v) is 11.1. The Kier molecular flexibility index (Phi) is 7.96. The Bertz CT molecular complexity index is 707. The van der Waals surface area contributed by atoms with E-state index in [-0.39, 0.29) is 18.4 Å². The van der Waals surface area contributed by atoms with E-state index in [1.165, 1.54) is 24.3 Å². The number of benzene rings is 1. The molecule has 1 unspecified atom stereocenters. The van der Waals surface area contributed by atoms with E-state index in [0.29, 0.717) is 32.3 Å². The number of likely N-dealkylation sites (tertiary alicyclic amines) is 1. The second-order valence-corrected chi connectivity index (χ2v) is 8.66. The zero-order valence-corrected chi connectivity index (χ0v) is 18.5. The molecule has 0 saturated carbocycles. The summed E-state index contributed by atoms with van der Waals surface area (Å²) < 4.78 is 11.1. The van der Waals surface area contributed by atoms with Crippen LogP contribution in [0, 0.1) is 5.92 Å². The molecule has 30 heavy (non-hydrogen) atoms. The minimum atomic E-state index is -0.413. The standard InChI is InChI=1S/C23H35N3O4/c1-18(2)17-30-23(28)25-13-14-26(22(27)16-25)20-7-9-21(10-8-20)29-15-5-12-24-11-4-6-19(24)3/h7-10,18-19H,4-6,11-17H2,1-3H3. The predicted molar refractivity (Wildman–Crippen MR) is 117 cm³/mol. The number of carbonyl (C=O) groups excluding carboxylic acids is 2. The average Bonchev–Trinajstić information content (AvgIpc) is 3.14. The van der Waals surface area contributed by atoms with Gasteiger partial charge in [0.2, 0.25) is 5.91 Å². The molecular formula is C23H35N3O4. The van der Waals surface area contributed by atoms with Crippen molar-refractivity contribution < 1.29 is 19.1 Å². The first kappa shape index (κ1) is 22.4. The molecule has 2 saturated heterocycles. The van der Waals surface area contributed by atoms with Crippen LogP contribution >= 0.6 is 0 Å². The van der Waals surface area contributed by atoms with Crippen molar-refractivity contribution in [2.24, 2.45) is 5.92 Å². The van der Waals surface area contributed by atoms with Crippen molar-refractivity contribution >= 4 is 17.7 Å². The summed E-state index contributed by atoms with van der Waals surface area (Å²) in [5.74, 6) is 0.989. The quantitative estimate of drug-likeness (QED) is 0.607. The topological polar surface area (TPSA) is 62.3 Å². The number of carbonyl (C=O) groups is 2. The highest BCUT2D eigenvalue weighted by molar-refractivity contribution is 5.97. The summed E-state index contributed by atoms with van der Waals surface area (Å²) in [6, 6.07) is 8.32. The van der Waals surface area contributed by atoms with Crippen LogP contribution in [0.3, 0.4) is 0 Å². The lowest BCUT2D eigenvalue weighted by molar-refractivity contribution is -0.120. The van der Waals surface area contributed by atoms with Crippen LogP contribution in [0.4, 0.5) is 10.5 Å². The summed E-state index contributed by atoms with van der Waals surface area (Å²) in [5.41, 5.74) is 0.827. The molecule has 0 aromatic heterocycles. The maximum absolute atomic E-state index is 12.5. The van der Waals surface area contributed by atoms with Crippen molar-refractivity contribution in [3.63, 3.8) is 0 Å². The average molecular weight is 418 g/mol. The van der Waals surface area contributed by atoms with Gasteiger partial charge in [-0.1, -0.05) is 13.8 Å². The highest BCUT2D eigenvalue weighted by Crippen LogP contribution is 2.22. The third-order valence-electron chi connectivity index (χ3n) is 5.72. The molecule has 7 heteroatoms. The Balaban J connectivity index is 1.42. The Morgan fingerprint density at radius 1 is 1.17 bits per heavy atom. The molecule has 0 N–H and O–H groups in total. The normalized spacial score (nSPS) is 20.1. The number of nitrogens with zero attached hydrogens (tertiary/aromatic N) is 3. The molecular weight excluding hydrogens is 382 g/mol. The van der Waals surface area contributed by atoms with Gasteiger partial charge in [-0.3, -0.25) is 9.69 Å². The maximum Gasteiger partial charge on any atom is 0.410 e. The van der Waals surface area contributed by atoms with Crippen molar-refractivity contribution in [1.29, 1.82) is 0 Å². The van der Waals surface area contributed by atoms with Gasteiger partial charge in [0.25, 0.3) is 0 Å². The van der Waals surface area contributed by atoms with Crippen LogP contribution in [0.2, 0.25) is 0 Å². The van der Waals surface area contributed by atoms with Gasteiger partial charge >= 0.3 is 6.09 Å². The van der Waals surface area contributed by atoms with Crippen molar-refractivity contribution in [3.05, 3.63) is 24.3 Å². The Hall–Kier alpha value is -2.28. The number of rotatable bonds is 8. The molecule has 0 aliphatic carbocycles. The lowest BCUT2D eigenvalue weighted by Crippen LogP contribution is -2.52. The Morgan fingerprint density at radius 3 is 2.57 bits per heavy atom. The van der Waals surface area contributed by atoms with Gasteiger partial charge in [0.05, 0.1) is 13.2 Å². The fourth-order valence-corrected chi connectivity index (χ4v) is 3.94. The van der Waals surface area contributed by atoms with Crippen molar-refractivity contribution in [3.8, 4) is 5.75 Å². The van der Waals surface area contributed by atoms with Gasteiger partial charge in [-0.05, 0) is 62.9 Å². The highest BCUT2D eigenvalue weighted by atomic mass is 16.6. The van der Waals surface area contributed by atoms with Crippen LogP contribution < -0.4 is 9.64 Å². The van der Waals surface area contributed by atoms with Gasteiger partial charge in [0.15, 0.2) is 0 Å². The summed E-state index contributed by atoms with van der Waals surface area (Å²) in [6.45, 7) is 10.6. The summed E-state index contributed by atoms with van der Waals surface area (Å²) in [6.07, 6.45) is 3.20.